The van der Waals surface area contributed by atoms with Crippen LogP contribution in [-0.4, -0.2) is 58.0 Å². The highest BCUT2D eigenvalue weighted by Gasteiger charge is 2.44. The van der Waals surface area contributed by atoms with E-state index in [9.17, 15) is 0 Å². The molecule has 0 bridgehead atoms. The second kappa shape index (κ2) is 8.72. The molecule has 140 valence electrons. The summed E-state index contributed by atoms with van der Waals surface area (Å²) in [7, 11) is -6.37. The molecule has 0 N–H and O–H groups in total. The SMILES string of the molecule is C=C[Si]1(C)O[Si](C)(C)CCCCO[Si](C)(CCCOCC2CO2)O1. The maximum absolute atomic E-state index is 6.60. The molecule has 0 amide bonds. The van der Waals surface area contributed by atoms with Gasteiger partial charge in [0, 0.05) is 13.2 Å². The van der Waals surface area contributed by atoms with E-state index in [1.807, 2.05) is 5.70 Å². The number of hydrogen-bond acceptors (Lipinski definition) is 5. The Bertz CT molecular complexity index is 419. The first-order valence-electron chi connectivity index (χ1n) is 9.13. The van der Waals surface area contributed by atoms with Gasteiger partial charge in [0.15, 0.2) is 8.32 Å². The molecule has 0 radical (unpaired) electrons. The van der Waals surface area contributed by atoms with E-state index in [-0.39, 0.29) is 0 Å². The molecule has 0 aromatic carbocycles. The molecule has 0 aliphatic carbocycles. The molecular formula is C16H34O5Si3. The van der Waals surface area contributed by atoms with Crippen LogP contribution >= 0.6 is 0 Å². The summed E-state index contributed by atoms with van der Waals surface area (Å²) in [4.78, 5) is 0. The molecule has 2 rings (SSSR count). The number of ether oxygens (including phenoxy) is 2. The maximum atomic E-state index is 6.60. The summed E-state index contributed by atoms with van der Waals surface area (Å²) in [6, 6.07) is 2.09. The van der Waals surface area contributed by atoms with E-state index in [0.717, 1.165) is 44.8 Å². The van der Waals surface area contributed by atoms with Crippen LogP contribution in [-0.2, 0) is 22.1 Å². The molecule has 0 aromatic rings. The fourth-order valence-electron chi connectivity index (χ4n) is 3.10. The molecule has 0 aromatic heterocycles. The lowest BCUT2D eigenvalue weighted by atomic mass is 10.4. The predicted molar refractivity (Wildman–Crippen MR) is 103 cm³/mol. The molecule has 2 saturated heterocycles. The topological polar surface area (TPSA) is 49.5 Å². The van der Waals surface area contributed by atoms with Gasteiger partial charge < -0.3 is 22.1 Å². The summed E-state index contributed by atoms with van der Waals surface area (Å²) in [6.45, 7) is 16.0. The second-order valence-corrected chi connectivity index (χ2v) is 18.9. The van der Waals surface area contributed by atoms with Gasteiger partial charge in [-0.25, -0.2) is 0 Å². The van der Waals surface area contributed by atoms with Crippen molar-refractivity contribution in [3.63, 3.8) is 0 Å². The van der Waals surface area contributed by atoms with Crippen LogP contribution in [0.1, 0.15) is 19.3 Å². The molecule has 3 unspecified atom stereocenters. The van der Waals surface area contributed by atoms with Gasteiger partial charge >= 0.3 is 17.1 Å². The van der Waals surface area contributed by atoms with Gasteiger partial charge in [-0.05, 0) is 51.1 Å². The number of hydrogen-bond donors (Lipinski definition) is 0. The normalized spacial score (nSPS) is 36.9. The zero-order chi connectivity index (χ0) is 17.7. The third-order valence-electron chi connectivity index (χ3n) is 4.47. The second-order valence-electron chi connectivity index (χ2n) is 7.76. The monoisotopic (exact) mass is 390 g/mol. The Balaban J connectivity index is 1.91. The van der Waals surface area contributed by atoms with Gasteiger partial charge in [-0.3, -0.25) is 0 Å². The van der Waals surface area contributed by atoms with Gasteiger partial charge in [0.05, 0.1) is 13.2 Å². The highest BCUT2D eigenvalue weighted by Crippen LogP contribution is 2.29. The zero-order valence-corrected chi connectivity index (χ0v) is 18.8. The fourth-order valence-corrected chi connectivity index (χ4v) is 15.8. The first kappa shape index (κ1) is 20.5. The van der Waals surface area contributed by atoms with Crippen LogP contribution in [0.4, 0.5) is 0 Å². The number of rotatable bonds is 7. The lowest BCUT2D eigenvalue weighted by molar-refractivity contribution is 0.114. The largest absolute Gasteiger partial charge is 0.433 e. The molecule has 0 saturated carbocycles. The van der Waals surface area contributed by atoms with Gasteiger partial charge in [-0.2, -0.15) is 0 Å². The van der Waals surface area contributed by atoms with E-state index < -0.39 is 25.4 Å². The average Bonchev–Trinajstić information content (AvgIpc) is 3.29. The van der Waals surface area contributed by atoms with Gasteiger partial charge in [0.1, 0.15) is 6.10 Å². The first-order chi connectivity index (χ1) is 11.3. The van der Waals surface area contributed by atoms with Gasteiger partial charge in [0.25, 0.3) is 0 Å². The summed E-state index contributed by atoms with van der Waals surface area (Å²) < 4.78 is 30.2. The first-order valence-corrected chi connectivity index (χ1v) is 17.2. The lowest BCUT2D eigenvalue weighted by Crippen LogP contribution is -2.56. The molecule has 2 fully saturated rings. The summed E-state index contributed by atoms with van der Waals surface area (Å²) in [5, 5.41) is 0. The standard InChI is InChI=1S/C16H34O5Si3/c1-6-23(4)20-22(2,3)12-8-7-11-19-24(5,21-23)13-9-10-17-14-16-15-18-16/h6,16H,1,7-15H2,2-5H3. The third-order valence-corrected chi connectivity index (χ3v) is 16.0. The molecule has 0 spiro atoms. The Morgan fingerprint density at radius 2 is 1.92 bits per heavy atom. The van der Waals surface area contributed by atoms with Gasteiger partial charge in [0.2, 0.25) is 0 Å². The van der Waals surface area contributed by atoms with Crippen molar-refractivity contribution in [3.8, 4) is 0 Å². The Hall–Kier alpha value is 0.191. The van der Waals surface area contributed by atoms with Crippen LogP contribution in [0.2, 0.25) is 38.3 Å². The zero-order valence-electron chi connectivity index (χ0n) is 15.8. The van der Waals surface area contributed by atoms with Crippen molar-refractivity contribution in [2.45, 2.75) is 63.6 Å². The van der Waals surface area contributed by atoms with E-state index in [0.29, 0.717) is 12.7 Å². The van der Waals surface area contributed by atoms with Crippen molar-refractivity contribution in [1.29, 1.82) is 0 Å². The molecule has 2 heterocycles. The average molecular weight is 391 g/mol. The summed E-state index contributed by atoms with van der Waals surface area (Å²) in [6.07, 6.45) is 3.55. The van der Waals surface area contributed by atoms with Crippen molar-refractivity contribution < 1.29 is 22.1 Å². The lowest BCUT2D eigenvalue weighted by Gasteiger charge is -2.40. The minimum atomic E-state index is -2.39. The van der Waals surface area contributed by atoms with Crippen molar-refractivity contribution in [3.05, 3.63) is 12.3 Å². The maximum Gasteiger partial charge on any atom is 0.342 e. The summed E-state index contributed by atoms with van der Waals surface area (Å²) in [5.74, 6) is 0. The molecule has 2 aliphatic rings. The van der Waals surface area contributed by atoms with E-state index in [2.05, 4.69) is 32.8 Å². The van der Waals surface area contributed by atoms with Crippen LogP contribution in [0.15, 0.2) is 12.3 Å². The Labute approximate surface area is 150 Å². The van der Waals surface area contributed by atoms with Crippen molar-refractivity contribution >= 4 is 25.4 Å². The third kappa shape index (κ3) is 7.20. The smallest absolute Gasteiger partial charge is 0.342 e. The van der Waals surface area contributed by atoms with Crippen LogP contribution in [0.25, 0.3) is 0 Å². The van der Waals surface area contributed by atoms with Gasteiger partial charge in [-0.15, -0.1) is 6.58 Å². The minimum absolute atomic E-state index is 0.330. The fraction of sp³-hybridized carbons (Fsp3) is 0.875. The molecule has 5 nitrogen and oxygen atoms in total. The van der Waals surface area contributed by atoms with E-state index in [1.165, 1.54) is 6.42 Å². The molecule has 2 aliphatic heterocycles. The van der Waals surface area contributed by atoms with E-state index in [1.54, 1.807) is 0 Å². The van der Waals surface area contributed by atoms with Crippen LogP contribution in [0, 0.1) is 0 Å². The number of epoxide rings is 1. The Kier molecular flexibility index (Phi) is 7.45. The quantitative estimate of drug-likeness (QED) is 0.377. The Morgan fingerprint density at radius 3 is 2.58 bits per heavy atom. The summed E-state index contributed by atoms with van der Waals surface area (Å²) in [5.41, 5.74) is 1.93. The van der Waals surface area contributed by atoms with Crippen LogP contribution in [0.3, 0.4) is 0 Å². The highest BCUT2D eigenvalue weighted by atomic mass is 28.5. The van der Waals surface area contributed by atoms with Crippen molar-refractivity contribution in [2.24, 2.45) is 0 Å². The van der Waals surface area contributed by atoms with E-state index in [4.69, 9.17) is 22.1 Å². The highest BCUT2D eigenvalue weighted by molar-refractivity contribution is 6.89. The van der Waals surface area contributed by atoms with Crippen molar-refractivity contribution in [1.82, 2.24) is 0 Å². The van der Waals surface area contributed by atoms with Gasteiger partial charge in [-0.1, -0.05) is 12.1 Å². The Morgan fingerprint density at radius 1 is 1.17 bits per heavy atom. The molecule has 24 heavy (non-hydrogen) atoms. The van der Waals surface area contributed by atoms with Crippen molar-refractivity contribution in [2.75, 3.05) is 26.4 Å². The van der Waals surface area contributed by atoms with E-state index >= 15 is 0 Å². The minimum Gasteiger partial charge on any atom is -0.433 e. The molecule has 8 heteroatoms. The van der Waals surface area contributed by atoms with Crippen LogP contribution in [0.5, 0.6) is 0 Å². The molecule has 3 atom stereocenters. The predicted octanol–water partition coefficient (Wildman–Crippen LogP) is 3.71. The summed E-state index contributed by atoms with van der Waals surface area (Å²) >= 11 is 0. The van der Waals surface area contributed by atoms with Crippen LogP contribution < -0.4 is 0 Å². The molecular weight excluding hydrogens is 356 g/mol.